The van der Waals surface area contributed by atoms with Gasteiger partial charge in [0.25, 0.3) is 0 Å². The Morgan fingerprint density at radius 3 is 2.35 bits per heavy atom. The van der Waals surface area contributed by atoms with Crippen LogP contribution in [0.4, 0.5) is 0 Å². The molecule has 0 radical (unpaired) electrons. The number of carbonyl (C=O) groups excluding carboxylic acids is 1. The zero-order valence-electron chi connectivity index (χ0n) is 12.0. The SMILES string of the molecule is CC(C)=CC(=O)OCC1CC(C)(C)C(C)C1C. The maximum Gasteiger partial charge on any atom is 0.330 e. The van der Waals surface area contributed by atoms with Crippen LogP contribution in [0.25, 0.3) is 0 Å². The summed E-state index contributed by atoms with van der Waals surface area (Å²) in [7, 11) is 0. The Morgan fingerprint density at radius 2 is 1.94 bits per heavy atom. The van der Waals surface area contributed by atoms with Crippen molar-refractivity contribution in [1.29, 1.82) is 0 Å². The summed E-state index contributed by atoms with van der Waals surface area (Å²) in [6.45, 7) is 13.6. The molecule has 2 nitrogen and oxygen atoms in total. The third kappa shape index (κ3) is 3.58. The second-order valence-electron chi connectivity index (χ2n) is 6.45. The van der Waals surface area contributed by atoms with Crippen LogP contribution in [0.1, 0.15) is 48.0 Å². The number of hydrogen-bond donors (Lipinski definition) is 0. The lowest BCUT2D eigenvalue weighted by molar-refractivity contribution is -0.139. The first kappa shape index (κ1) is 14.3. The molecular weight excluding hydrogens is 212 g/mol. The smallest absolute Gasteiger partial charge is 0.330 e. The van der Waals surface area contributed by atoms with E-state index in [2.05, 4.69) is 27.7 Å². The summed E-state index contributed by atoms with van der Waals surface area (Å²) in [6.07, 6.45) is 2.71. The van der Waals surface area contributed by atoms with Crippen molar-refractivity contribution in [2.45, 2.75) is 48.0 Å². The van der Waals surface area contributed by atoms with Crippen LogP contribution in [-0.2, 0) is 9.53 Å². The minimum atomic E-state index is -0.199. The molecule has 1 aliphatic carbocycles. The Balaban J connectivity index is 2.49. The van der Waals surface area contributed by atoms with Crippen LogP contribution in [-0.4, -0.2) is 12.6 Å². The van der Waals surface area contributed by atoms with Crippen LogP contribution in [0, 0.1) is 23.2 Å². The average Bonchev–Trinajstić information content (AvgIpc) is 2.38. The van der Waals surface area contributed by atoms with Crippen LogP contribution in [0.3, 0.4) is 0 Å². The molecule has 0 bridgehead atoms. The molecule has 0 aromatic heterocycles. The highest BCUT2D eigenvalue weighted by Crippen LogP contribution is 2.49. The van der Waals surface area contributed by atoms with Gasteiger partial charge in [-0.05, 0) is 43.4 Å². The minimum absolute atomic E-state index is 0.199. The number of rotatable bonds is 3. The average molecular weight is 238 g/mol. The van der Waals surface area contributed by atoms with Crippen LogP contribution < -0.4 is 0 Å². The topological polar surface area (TPSA) is 26.3 Å². The van der Waals surface area contributed by atoms with Gasteiger partial charge in [-0.3, -0.25) is 0 Å². The van der Waals surface area contributed by atoms with Crippen LogP contribution in [0.5, 0.6) is 0 Å². The van der Waals surface area contributed by atoms with E-state index < -0.39 is 0 Å². The highest BCUT2D eigenvalue weighted by molar-refractivity contribution is 5.82. The van der Waals surface area contributed by atoms with Gasteiger partial charge in [0.15, 0.2) is 0 Å². The van der Waals surface area contributed by atoms with E-state index in [-0.39, 0.29) is 5.97 Å². The molecule has 0 aromatic rings. The van der Waals surface area contributed by atoms with E-state index in [0.717, 1.165) is 12.0 Å². The van der Waals surface area contributed by atoms with Gasteiger partial charge in [0.05, 0.1) is 6.61 Å². The lowest BCUT2D eigenvalue weighted by Gasteiger charge is -2.25. The lowest BCUT2D eigenvalue weighted by Crippen LogP contribution is -2.18. The molecule has 2 heteroatoms. The Bertz CT molecular complexity index is 311. The maximum absolute atomic E-state index is 11.5. The summed E-state index contributed by atoms with van der Waals surface area (Å²) in [4.78, 5) is 11.5. The molecule has 3 atom stereocenters. The van der Waals surface area contributed by atoms with Gasteiger partial charge in [-0.15, -0.1) is 0 Å². The Morgan fingerprint density at radius 1 is 1.35 bits per heavy atom. The molecule has 0 aliphatic heterocycles. The van der Waals surface area contributed by atoms with E-state index in [1.165, 1.54) is 0 Å². The first-order valence-electron chi connectivity index (χ1n) is 6.55. The largest absolute Gasteiger partial charge is 0.462 e. The third-order valence-corrected chi connectivity index (χ3v) is 4.40. The number of ether oxygens (including phenoxy) is 1. The van der Waals surface area contributed by atoms with E-state index in [1.54, 1.807) is 6.08 Å². The summed E-state index contributed by atoms with van der Waals surface area (Å²) in [6, 6.07) is 0. The first-order chi connectivity index (χ1) is 7.74. The molecule has 0 spiro atoms. The standard InChI is InChI=1S/C15H26O2/c1-10(2)7-14(16)17-9-13-8-15(5,6)12(4)11(13)3/h7,11-13H,8-9H2,1-6H3. The molecule has 1 saturated carbocycles. The summed E-state index contributed by atoms with van der Waals surface area (Å²) >= 11 is 0. The predicted octanol–water partition coefficient (Wildman–Crippen LogP) is 3.81. The first-order valence-corrected chi connectivity index (χ1v) is 6.55. The van der Waals surface area contributed by atoms with Gasteiger partial charge in [-0.2, -0.15) is 0 Å². The van der Waals surface area contributed by atoms with Gasteiger partial charge in [-0.1, -0.05) is 33.3 Å². The third-order valence-electron chi connectivity index (χ3n) is 4.40. The number of esters is 1. The fraction of sp³-hybridized carbons (Fsp3) is 0.800. The predicted molar refractivity (Wildman–Crippen MR) is 70.6 cm³/mol. The van der Waals surface area contributed by atoms with Crippen molar-refractivity contribution in [3.63, 3.8) is 0 Å². The monoisotopic (exact) mass is 238 g/mol. The molecule has 17 heavy (non-hydrogen) atoms. The van der Waals surface area contributed by atoms with Gasteiger partial charge < -0.3 is 4.74 Å². The van der Waals surface area contributed by atoms with Gasteiger partial charge in [0, 0.05) is 6.08 Å². The highest BCUT2D eigenvalue weighted by Gasteiger charge is 2.43. The Labute approximate surface area is 105 Å². The molecule has 1 aliphatic rings. The molecule has 98 valence electrons. The number of allylic oxidation sites excluding steroid dienone is 1. The van der Waals surface area contributed by atoms with Crippen LogP contribution in [0.2, 0.25) is 0 Å². The van der Waals surface area contributed by atoms with Crippen molar-refractivity contribution < 1.29 is 9.53 Å². The Hall–Kier alpha value is -0.790. The zero-order valence-corrected chi connectivity index (χ0v) is 12.0. The van der Waals surface area contributed by atoms with Crippen molar-refractivity contribution in [2.24, 2.45) is 23.2 Å². The van der Waals surface area contributed by atoms with E-state index in [4.69, 9.17) is 4.74 Å². The fourth-order valence-electron chi connectivity index (χ4n) is 2.84. The van der Waals surface area contributed by atoms with Crippen LogP contribution in [0.15, 0.2) is 11.6 Å². The van der Waals surface area contributed by atoms with Gasteiger partial charge in [0.2, 0.25) is 0 Å². The molecule has 0 amide bonds. The summed E-state index contributed by atoms with van der Waals surface area (Å²) in [5.41, 5.74) is 1.36. The van der Waals surface area contributed by atoms with E-state index in [1.807, 2.05) is 13.8 Å². The summed E-state index contributed by atoms with van der Waals surface area (Å²) in [5.74, 6) is 1.63. The molecular formula is C15H26O2. The normalized spacial score (nSPS) is 31.1. The fourth-order valence-corrected chi connectivity index (χ4v) is 2.84. The highest BCUT2D eigenvalue weighted by atomic mass is 16.5. The van der Waals surface area contributed by atoms with Gasteiger partial charge in [0.1, 0.15) is 0 Å². The van der Waals surface area contributed by atoms with E-state index in [9.17, 15) is 4.79 Å². The summed E-state index contributed by atoms with van der Waals surface area (Å²) < 4.78 is 5.33. The molecule has 3 unspecified atom stereocenters. The van der Waals surface area contributed by atoms with Gasteiger partial charge in [-0.25, -0.2) is 4.79 Å². The summed E-state index contributed by atoms with van der Waals surface area (Å²) in [5, 5.41) is 0. The zero-order chi connectivity index (χ0) is 13.2. The molecule has 0 N–H and O–H groups in total. The molecule has 1 fully saturated rings. The second-order valence-corrected chi connectivity index (χ2v) is 6.45. The molecule has 0 heterocycles. The lowest BCUT2D eigenvalue weighted by atomic mass is 9.81. The van der Waals surface area contributed by atoms with Crippen molar-refractivity contribution in [3.05, 3.63) is 11.6 Å². The number of hydrogen-bond acceptors (Lipinski definition) is 2. The number of carbonyl (C=O) groups is 1. The van der Waals surface area contributed by atoms with Crippen molar-refractivity contribution >= 4 is 5.97 Å². The van der Waals surface area contributed by atoms with E-state index in [0.29, 0.717) is 29.8 Å². The van der Waals surface area contributed by atoms with Crippen LogP contribution >= 0.6 is 0 Å². The quantitative estimate of drug-likeness (QED) is 0.552. The molecule has 0 aromatic carbocycles. The van der Waals surface area contributed by atoms with E-state index >= 15 is 0 Å². The Kier molecular flexibility index (Phi) is 4.40. The van der Waals surface area contributed by atoms with Crippen molar-refractivity contribution in [1.82, 2.24) is 0 Å². The van der Waals surface area contributed by atoms with Gasteiger partial charge >= 0.3 is 5.97 Å². The molecule has 1 rings (SSSR count). The van der Waals surface area contributed by atoms with Crippen molar-refractivity contribution in [2.75, 3.05) is 6.61 Å². The second kappa shape index (κ2) is 5.24. The molecule has 0 saturated heterocycles. The maximum atomic E-state index is 11.5. The minimum Gasteiger partial charge on any atom is -0.462 e. The van der Waals surface area contributed by atoms with Crippen molar-refractivity contribution in [3.8, 4) is 0 Å².